The van der Waals surface area contributed by atoms with E-state index < -0.39 is 0 Å². The SMILES string of the molecule is CCCCN(CC(C)(C)C(C)O)C1CC1. The molecular weight excluding hydrogens is 186 g/mol. The maximum Gasteiger partial charge on any atom is 0.0575 e. The first-order valence-electron chi connectivity index (χ1n) is 6.39. The molecule has 0 amide bonds. The van der Waals surface area contributed by atoms with Crippen LogP contribution >= 0.6 is 0 Å². The van der Waals surface area contributed by atoms with Gasteiger partial charge < -0.3 is 5.11 Å². The summed E-state index contributed by atoms with van der Waals surface area (Å²) in [6, 6.07) is 0.814. The molecule has 0 aromatic carbocycles. The molecule has 1 atom stereocenters. The molecular formula is C13H27NO. The van der Waals surface area contributed by atoms with Crippen molar-refractivity contribution >= 4 is 0 Å². The molecule has 2 nitrogen and oxygen atoms in total. The van der Waals surface area contributed by atoms with Crippen molar-refractivity contribution in [2.45, 2.75) is 65.5 Å². The number of aliphatic hydroxyl groups is 1. The van der Waals surface area contributed by atoms with Crippen LogP contribution < -0.4 is 0 Å². The van der Waals surface area contributed by atoms with Crippen molar-refractivity contribution in [3.05, 3.63) is 0 Å². The van der Waals surface area contributed by atoms with Gasteiger partial charge in [0, 0.05) is 18.0 Å². The Morgan fingerprint density at radius 3 is 2.40 bits per heavy atom. The van der Waals surface area contributed by atoms with Crippen molar-refractivity contribution in [3.8, 4) is 0 Å². The number of unbranched alkanes of at least 4 members (excludes halogenated alkanes) is 1. The second kappa shape index (κ2) is 5.31. The zero-order valence-electron chi connectivity index (χ0n) is 10.8. The third-order valence-corrected chi connectivity index (χ3v) is 3.60. The fourth-order valence-corrected chi connectivity index (χ4v) is 1.85. The zero-order chi connectivity index (χ0) is 11.5. The van der Waals surface area contributed by atoms with Crippen LogP contribution in [0.25, 0.3) is 0 Å². The van der Waals surface area contributed by atoms with E-state index in [0.717, 1.165) is 12.6 Å². The highest BCUT2D eigenvalue weighted by Gasteiger charge is 2.34. The van der Waals surface area contributed by atoms with Crippen LogP contribution in [0.15, 0.2) is 0 Å². The van der Waals surface area contributed by atoms with Crippen molar-refractivity contribution in [1.29, 1.82) is 0 Å². The first-order valence-corrected chi connectivity index (χ1v) is 6.39. The molecule has 1 unspecified atom stereocenters. The van der Waals surface area contributed by atoms with Crippen LogP contribution in [-0.2, 0) is 0 Å². The average molecular weight is 213 g/mol. The summed E-state index contributed by atoms with van der Waals surface area (Å²) in [5.41, 5.74) is 0.0241. The summed E-state index contributed by atoms with van der Waals surface area (Å²) in [5, 5.41) is 9.73. The largest absolute Gasteiger partial charge is 0.393 e. The molecule has 0 aromatic rings. The molecule has 1 aliphatic rings. The van der Waals surface area contributed by atoms with Gasteiger partial charge in [0.15, 0.2) is 0 Å². The van der Waals surface area contributed by atoms with E-state index >= 15 is 0 Å². The highest BCUT2D eigenvalue weighted by atomic mass is 16.3. The molecule has 1 fully saturated rings. The minimum Gasteiger partial charge on any atom is -0.393 e. The Bertz CT molecular complexity index is 185. The summed E-state index contributed by atoms with van der Waals surface area (Å²) in [4.78, 5) is 2.58. The van der Waals surface area contributed by atoms with Crippen molar-refractivity contribution in [1.82, 2.24) is 4.90 Å². The molecule has 1 saturated carbocycles. The van der Waals surface area contributed by atoms with E-state index in [4.69, 9.17) is 0 Å². The van der Waals surface area contributed by atoms with E-state index in [0.29, 0.717) is 0 Å². The van der Waals surface area contributed by atoms with Crippen molar-refractivity contribution in [3.63, 3.8) is 0 Å². The van der Waals surface area contributed by atoms with Gasteiger partial charge in [0.25, 0.3) is 0 Å². The maximum atomic E-state index is 9.73. The fourth-order valence-electron chi connectivity index (χ4n) is 1.85. The lowest BCUT2D eigenvalue weighted by Crippen LogP contribution is -2.41. The Labute approximate surface area is 94.7 Å². The third kappa shape index (κ3) is 4.12. The standard InChI is InChI=1S/C13H27NO/c1-5-6-9-14(12-7-8-12)10-13(3,4)11(2)15/h11-12,15H,5-10H2,1-4H3. The van der Waals surface area contributed by atoms with Gasteiger partial charge in [-0.25, -0.2) is 0 Å². The van der Waals surface area contributed by atoms with Crippen LogP contribution in [0.5, 0.6) is 0 Å². The summed E-state index contributed by atoms with van der Waals surface area (Å²) in [6.07, 6.45) is 5.05. The first kappa shape index (κ1) is 13.0. The zero-order valence-corrected chi connectivity index (χ0v) is 10.8. The van der Waals surface area contributed by atoms with E-state index in [1.807, 2.05) is 6.92 Å². The highest BCUT2D eigenvalue weighted by molar-refractivity contribution is 4.88. The van der Waals surface area contributed by atoms with Crippen LogP contribution in [0.4, 0.5) is 0 Å². The molecule has 0 radical (unpaired) electrons. The van der Waals surface area contributed by atoms with Crippen molar-refractivity contribution < 1.29 is 5.11 Å². The normalized spacial score (nSPS) is 19.6. The minimum atomic E-state index is -0.222. The van der Waals surface area contributed by atoms with Crippen LogP contribution in [0, 0.1) is 5.41 Å². The Morgan fingerprint density at radius 2 is 2.00 bits per heavy atom. The predicted molar refractivity (Wildman–Crippen MR) is 65.0 cm³/mol. The number of hydrogen-bond acceptors (Lipinski definition) is 2. The van der Waals surface area contributed by atoms with Gasteiger partial charge in [0.05, 0.1) is 6.10 Å². The topological polar surface area (TPSA) is 23.5 Å². The van der Waals surface area contributed by atoms with E-state index in [1.165, 1.54) is 32.2 Å². The number of aliphatic hydroxyl groups excluding tert-OH is 1. The molecule has 0 spiro atoms. The van der Waals surface area contributed by atoms with Gasteiger partial charge in [0.2, 0.25) is 0 Å². The molecule has 0 aliphatic heterocycles. The van der Waals surface area contributed by atoms with Gasteiger partial charge in [-0.05, 0) is 32.7 Å². The number of rotatable bonds is 7. The third-order valence-electron chi connectivity index (χ3n) is 3.60. The van der Waals surface area contributed by atoms with Gasteiger partial charge >= 0.3 is 0 Å². The molecule has 15 heavy (non-hydrogen) atoms. The lowest BCUT2D eigenvalue weighted by molar-refractivity contribution is 0.0318. The van der Waals surface area contributed by atoms with Gasteiger partial charge in [-0.2, -0.15) is 0 Å². The molecule has 1 rings (SSSR count). The second-order valence-corrected chi connectivity index (χ2v) is 5.72. The molecule has 0 saturated heterocycles. The van der Waals surface area contributed by atoms with E-state index in [2.05, 4.69) is 25.7 Å². The fraction of sp³-hybridized carbons (Fsp3) is 1.00. The summed E-state index contributed by atoms with van der Waals surface area (Å²) >= 11 is 0. The van der Waals surface area contributed by atoms with Gasteiger partial charge in [0.1, 0.15) is 0 Å². The molecule has 90 valence electrons. The Morgan fingerprint density at radius 1 is 1.40 bits per heavy atom. The number of hydrogen-bond donors (Lipinski definition) is 1. The van der Waals surface area contributed by atoms with Crippen LogP contribution in [0.3, 0.4) is 0 Å². The molecule has 1 aliphatic carbocycles. The predicted octanol–water partition coefficient (Wildman–Crippen LogP) is 2.66. The summed E-state index contributed by atoms with van der Waals surface area (Å²) in [5.74, 6) is 0. The van der Waals surface area contributed by atoms with Crippen molar-refractivity contribution in [2.75, 3.05) is 13.1 Å². The maximum absolute atomic E-state index is 9.73. The molecule has 0 bridgehead atoms. The Kier molecular flexibility index (Phi) is 4.60. The van der Waals surface area contributed by atoms with E-state index in [-0.39, 0.29) is 11.5 Å². The molecule has 1 N–H and O–H groups in total. The van der Waals surface area contributed by atoms with Gasteiger partial charge in [-0.1, -0.05) is 27.2 Å². The highest BCUT2D eigenvalue weighted by Crippen LogP contribution is 2.31. The molecule has 0 heterocycles. The molecule has 0 aromatic heterocycles. The average Bonchev–Trinajstić information content (AvgIpc) is 2.94. The smallest absolute Gasteiger partial charge is 0.0575 e. The molecule has 2 heteroatoms. The lowest BCUT2D eigenvalue weighted by atomic mass is 9.86. The summed E-state index contributed by atoms with van der Waals surface area (Å²) in [6.45, 7) is 10.7. The van der Waals surface area contributed by atoms with Crippen molar-refractivity contribution in [2.24, 2.45) is 5.41 Å². The van der Waals surface area contributed by atoms with Gasteiger partial charge in [-0.3, -0.25) is 4.90 Å². The minimum absolute atomic E-state index is 0.0241. The quantitative estimate of drug-likeness (QED) is 0.703. The Hall–Kier alpha value is -0.0800. The van der Waals surface area contributed by atoms with Crippen LogP contribution in [0.2, 0.25) is 0 Å². The monoisotopic (exact) mass is 213 g/mol. The summed E-state index contributed by atoms with van der Waals surface area (Å²) in [7, 11) is 0. The van der Waals surface area contributed by atoms with Crippen LogP contribution in [-0.4, -0.2) is 35.2 Å². The Balaban J connectivity index is 2.42. The second-order valence-electron chi connectivity index (χ2n) is 5.72. The lowest BCUT2D eigenvalue weighted by Gasteiger charge is -2.35. The first-order chi connectivity index (χ1) is 6.97. The van der Waals surface area contributed by atoms with E-state index in [9.17, 15) is 5.11 Å². The van der Waals surface area contributed by atoms with Crippen LogP contribution in [0.1, 0.15) is 53.4 Å². The summed E-state index contributed by atoms with van der Waals surface area (Å²) < 4.78 is 0. The van der Waals surface area contributed by atoms with E-state index in [1.54, 1.807) is 0 Å². The number of nitrogens with zero attached hydrogens (tertiary/aromatic N) is 1. The van der Waals surface area contributed by atoms with Gasteiger partial charge in [-0.15, -0.1) is 0 Å².